The van der Waals surface area contributed by atoms with Gasteiger partial charge >= 0.3 is 0 Å². The first-order valence-corrected chi connectivity index (χ1v) is 5.34. The zero-order valence-electron chi connectivity index (χ0n) is 9.38. The first-order chi connectivity index (χ1) is 7.15. The molecule has 5 heteroatoms. The van der Waals surface area contributed by atoms with Crippen LogP contribution in [0.3, 0.4) is 0 Å². The summed E-state index contributed by atoms with van der Waals surface area (Å²) in [5.74, 6) is 0.00827. The quantitative estimate of drug-likeness (QED) is 0.596. The number of nitrogens with zero attached hydrogens (tertiary/aromatic N) is 1. The molecule has 0 aromatic heterocycles. The number of nitrogens with one attached hydrogen (secondary N) is 2. The van der Waals surface area contributed by atoms with E-state index in [2.05, 4.69) is 10.6 Å². The molecule has 15 heavy (non-hydrogen) atoms. The van der Waals surface area contributed by atoms with Gasteiger partial charge < -0.3 is 15.5 Å². The number of hydrogen-bond acceptors (Lipinski definition) is 3. The average Bonchev–Trinajstić information content (AvgIpc) is 2.64. The highest BCUT2D eigenvalue weighted by molar-refractivity contribution is 5.90. The molecule has 1 atom stereocenters. The van der Waals surface area contributed by atoms with Crippen LogP contribution in [-0.4, -0.2) is 49.9 Å². The third-order valence-corrected chi connectivity index (χ3v) is 2.59. The van der Waals surface area contributed by atoms with Crippen LogP contribution in [0.2, 0.25) is 0 Å². The van der Waals surface area contributed by atoms with E-state index in [-0.39, 0.29) is 17.9 Å². The Kier molecular flexibility index (Phi) is 4.55. The maximum absolute atomic E-state index is 11.8. The summed E-state index contributed by atoms with van der Waals surface area (Å²) in [5, 5.41) is 5.71. The minimum absolute atomic E-state index is 0.0167. The lowest BCUT2D eigenvalue weighted by atomic mass is 10.2. The van der Waals surface area contributed by atoms with E-state index in [1.165, 1.54) is 0 Å². The molecule has 1 aliphatic heterocycles. The van der Waals surface area contributed by atoms with E-state index in [1.807, 2.05) is 7.05 Å². The van der Waals surface area contributed by atoms with Crippen LogP contribution < -0.4 is 10.6 Å². The van der Waals surface area contributed by atoms with Crippen molar-refractivity contribution in [2.24, 2.45) is 0 Å². The molecule has 2 N–H and O–H groups in total. The summed E-state index contributed by atoms with van der Waals surface area (Å²) in [7, 11) is 3.67. The van der Waals surface area contributed by atoms with Crippen molar-refractivity contribution in [1.82, 2.24) is 15.5 Å². The van der Waals surface area contributed by atoms with Crippen LogP contribution in [0.25, 0.3) is 0 Å². The molecule has 0 aromatic rings. The molecule has 0 radical (unpaired) electrons. The van der Waals surface area contributed by atoms with Gasteiger partial charge in [0.1, 0.15) is 6.04 Å². The fourth-order valence-electron chi connectivity index (χ4n) is 1.67. The number of rotatable bonds is 5. The Bertz CT molecular complexity index is 243. The fraction of sp³-hybridized carbons (Fsp3) is 0.800. The molecule has 0 bridgehead atoms. The Hall–Kier alpha value is -1.10. The molecule has 5 nitrogen and oxygen atoms in total. The first kappa shape index (κ1) is 12.0. The predicted molar refractivity (Wildman–Crippen MR) is 57.3 cm³/mol. The normalized spacial score (nSPS) is 20.1. The monoisotopic (exact) mass is 213 g/mol. The van der Waals surface area contributed by atoms with Crippen LogP contribution in [0.15, 0.2) is 0 Å². The molecule has 0 aromatic carbocycles. The van der Waals surface area contributed by atoms with Crippen LogP contribution in [0, 0.1) is 0 Å². The summed E-state index contributed by atoms with van der Waals surface area (Å²) >= 11 is 0. The van der Waals surface area contributed by atoms with Crippen molar-refractivity contribution in [1.29, 1.82) is 0 Å². The smallest absolute Gasteiger partial charge is 0.244 e. The van der Waals surface area contributed by atoms with Crippen molar-refractivity contribution < 1.29 is 9.59 Å². The molecule has 1 saturated heterocycles. The van der Waals surface area contributed by atoms with Crippen molar-refractivity contribution in [3.05, 3.63) is 0 Å². The number of hydrogen-bond donors (Lipinski definition) is 2. The van der Waals surface area contributed by atoms with Gasteiger partial charge in [-0.1, -0.05) is 0 Å². The van der Waals surface area contributed by atoms with Crippen molar-refractivity contribution >= 4 is 11.8 Å². The third kappa shape index (κ3) is 3.51. The lowest BCUT2D eigenvalue weighted by molar-refractivity contribution is -0.133. The van der Waals surface area contributed by atoms with E-state index in [9.17, 15) is 9.59 Å². The zero-order valence-corrected chi connectivity index (χ0v) is 9.38. The molecular formula is C10H19N3O2. The molecule has 1 heterocycles. The maximum Gasteiger partial charge on any atom is 0.244 e. The summed E-state index contributed by atoms with van der Waals surface area (Å²) in [5.41, 5.74) is 0. The number of amides is 2. The number of carbonyl (C=O) groups excluding carboxylic acids is 2. The molecule has 86 valence electrons. The summed E-state index contributed by atoms with van der Waals surface area (Å²) < 4.78 is 0. The second-order valence-corrected chi connectivity index (χ2v) is 3.88. The lowest BCUT2D eigenvalue weighted by Gasteiger charge is -2.20. The molecule has 1 aliphatic rings. The highest BCUT2D eigenvalue weighted by Gasteiger charge is 2.28. The Labute approximate surface area is 90.2 Å². The second kappa shape index (κ2) is 5.70. The van der Waals surface area contributed by atoms with Crippen LogP contribution in [0.4, 0.5) is 0 Å². The molecule has 0 saturated carbocycles. The summed E-state index contributed by atoms with van der Waals surface area (Å²) in [6, 6.07) is -0.294. The van der Waals surface area contributed by atoms with Gasteiger partial charge in [-0.15, -0.1) is 0 Å². The lowest BCUT2D eigenvalue weighted by Crippen LogP contribution is -2.43. The molecule has 1 rings (SSSR count). The van der Waals surface area contributed by atoms with E-state index < -0.39 is 0 Å². The van der Waals surface area contributed by atoms with Gasteiger partial charge in [0.05, 0.1) is 0 Å². The second-order valence-electron chi connectivity index (χ2n) is 3.88. The van der Waals surface area contributed by atoms with E-state index in [1.54, 1.807) is 11.9 Å². The average molecular weight is 213 g/mol. The van der Waals surface area contributed by atoms with Gasteiger partial charge in [-0.2, -0.15) is 0 Å². The van der Waals surface area contributed by atoms with E-state index in [0.717, 1.165) is 19.5 Å². The standard InChI is InChI=1S/C10H19N3O2/c1-11-6-3-7-13(2)10(15)8-4-5-9(14)12-8/h8,11H,3-7H2,1-2H3,(H,12,14). The highest BCUT2D eigenvalue weighted by atomic mass is 16.2. The topological polar surface area (TPSA) is 61.4 Å². The van der Waals surface area contributed by atoms with Gasteiger partial charge in [0.15, 0.2) is 0 Å². The van der Waals surface area contributed by atoms with Gasteiger partial charge in [0.2, 0.25) is 11.8 Å². The number of likely N-dealkylation sites (N-methyl/N-ethyl adjacent to an activating group) is 1. The zero-order chi connectivity index (χ0) is 11.3. The van der Waals surface area contributed by atoms with Crippen LogP contribution in [0.1, 0.15) is 19.3 Å². The molecule has 1 fully saturated rings. The van der Waals surface area contributed by atoms with Crippen molar-refractivity contribution in [3.8, 4) is 0 Å². The Morgan fingerprint density at radius 3 is 2.93 bits per heavy atom. The van der Waals surface area contributed by atoms with Crippen molar-refractivity contribution in [2.45, 2.75) is 25.3 Å². The van der Waals surface area contributed by atoms with Crippen LogP contribution in [-0.2, 0) is 9.59 Å². The SMILES string of the molecule is CNCCCN(C)C(=O)C1CCC(=O)N1. The highest BCUT2D eigenvalue weighted by Crippen LogP contribution is 2.08. The van der Waals surface area contributed by atoms with Crippen molar-refractivity contribution in [3.63, 3.8) is 0 Å². The van der Waals surface area contributed by atoms with Crippen molar-refractivity contribution in [2.75, 3.05) is 27.2 Å². The molecule has 0 aliphatic carbocycles. The molecule has 2 amide bonds. The molecule has 0 spiro atoms. The predicted octanol–water partition coefficient (Wildman–Crippen LogP) is -0.667. The third-order valence-electron chi connectivity index (χ3n) is 2.59. The van der Waals surface area contributed by atoms with Gasteiger partial charge in [-0.25, -0.2) is 0 Å². The summed E-state index contributed by atoms with van der Waals surface area (Å²) in [6.45, 7) is 1.63. The first-order valence-electron chi connectivity index (χ1n) is 5.34. The largest absolute Gasteiger partial charge is 0.344 e. The van der Waals surface area contributed by atoms with Gasteiger partial charge in [0, 0.05) is 20.0 Å². The minimum atomic E-state index is -0.294. The van der Waals surface area contributed by atoms with Crippen LogP contribution in [0.5, 0.6) is 0 Å². The minimum Gasteiger partial charge on any atom is -0.344 e. The van der Waals surface area contributed by atoms with E-state index >= 15 is 0 Å². The Morgan fingerprint density at radius 1 is 1.67 bits per heavy atom. The van der Waals surface area contributed by atoms with E-state index in [0.29, 0.717) is 12.8 Å². The number of carbonyl (C=O) groups is 2. The summed E-state index contributed by atoms with van der Waals surface area (Å²) in [6.07, 6.45) is 2.04. The summed E-state index contributed by atoms with van der Waals surface area (Å²) in [4.78, 5) is 24.4. The van der Waals surface area contributed by atoms with Gasteiger partial charge in [-0.05, 0) is 26.4 Å². The molecular weight excluding hydrogens is 194 g/mol. The maximum atomic E-state index is 11.8. The fourth-order valence-corrected chi connectivity index (χ4v) is 1.67. The Balaban J connectivity index is 2.29. The molecule has 1 unspecified atom stereocenters. The van der Waals surface area contributed by atoms with Gasteiger partial charge in [-0.3, -0.25) is 9.59 Å². The van der Waals surface area contributed by atoms with Gasteiger partial charge in [0.25, 0.3) is 0 Å². The van der Waals surface area contributed by atoms with E-state index in [4.69, 9.17) is 0 Å². The Morgan fingerprint density at radius 2 is 2.40 bits per heavy atom. The van der Waals surface area contributed by atoms with Crippen LogP contribution >= 0.6 is 0 Å².